The summed E-state index contributed by atoms with van der Waals surface area (Å²) in [6.07, 6.45) is 6.30. The number of aryl methyl sites for hydroxylation is 1. The molecular formula is C105H76N4Si. The average molecular weight is 1420 g/mol. The van der Waals surface area contributed by atoms with Gasteiger partial charge in [-0.2, -0.15) is 0 Å². The number of para-hydroxylation sites is 4. The molecule has 0 spiro atoms. The van der Waals surface area contributed by atoms with E-state index in [1.54, 1.807) is 0 Å². The van der Waals surface area contributed by atoms with Crippen molar-refractivity contribution in [2.45, 2.75) is 45.6 Å². The van der Waals surface area contributed by atoms with Gasteiger partial charge in [0.15, 0.2) is 0 Å². The number of benzene rings is 17. The molecule has 21 aromatic rings. The van der Waals surface area contributed by atoms with Gasteiger partial charge in [-0.1, -0.05) is 275 Å². The molecular weight excluding hydrogens is 1350 g/mol. The molecule has 0 amide bonds. The van der Waals surface area contributed by atoms with E-state index in [2.05, 4.69) is 384 Å². The van der Waals surface area contributed by atoms with Crippen molar-refractivity contribution >= 4 is 123 Å². The van der Waals surface area contributed by atoms with E-state index in [4.69, 9.17) is 0 Å². The molecule has 0 N–H and O–H groups in total. The van der Waals surface area contributed by atoms with E-state index in [1.807, 2.05) is 0 Å². The molecule has 0 aliphatic heterocycles. The van der Waals surface area contributed by atoms with Gasteiger partial charge in [-0.25, -0.2) is 0 Å². The van der Waals surface area contributed by atoms with E-state index >= 15 is 0 Å². The van der Waals surface area contributed by atoms with E-state index < -0.39 is 0 Å². The Morgan fingerprint density at radius 3 is 1.07 bits per heavy atom. The van der Waals surface area contributed by atoms with Gasteiger partial charge in [-0.3, -0.25) is 0 Å². The quantitative estimate of drug-likeness (QED) is 0.0810. The minimum absolute atomic E-state index is 0.183. The zero-order valence-corrected chi connectivity index (χ0v) is 62.9. The summed E-state index contributed by atoms with van der Waals surface area (Å²) in [5.41, 5.74) is 34.1. The minimum atomic E-state index is -0.183. The molecule has 0 fully saturated rings. The molecule has 520 valence electrons. The lowest BCUT2D eigenvalue weighted by Crippen LogP contribution is -2.09. The Kier molecular flexibility index (Phi) is 14.9. The van der Waals surface area contributed by atoms with Crippen LogP contribution in [0.5, 0.6) is 0 Å². The Balaban J connectivity index is 0.000000138. The molecule has 110 heavy (non-hydrogen) atoms. The topological polar surface area (TPSA) is 19.7 Å². The standard InChI is InChI=1S/C58H44N2.C47H32N2Si/c1-2-3-4-5-14-38-25-29-42(30-26-38)59-54-23-10-8-19-47(54)52-36-39(27-33-56(52)59)40-28-34-57-53(37-40)48-20-9-11-24-55(48)60(57)43-16-12-15-41(35-43)44-31-32-51-46-18-7-6-17-45(46)50-22-13-21-49(44)58(50)51;1-50-32-21-19-31(20-22-32)48-42-15-6-4-11-35(42)40-27-29(17-24-45(40)48)30-18-25-46-41(28-30)36-12-5-7-16-43(36)49(46)44-26-23-38-34-10-3-2-9-33(34)37-13-8-14-39(44)47(37)38/h6-13,15-37H,2-5,14H2,1H3;2-28H,50H2,1H3. The number of nitrogens with zero attached hydrogens (tertiary/aromatic N) is 4. The molecule has 4 heterocycles. The number of unbranched alkanes of at least 4 members (excludes halogenated alkanes) is 3. The molecule has 2 aliphatic carbocycles. The van der Waals surface area contributed by atoms with Gasteiger partial charge in [0.25, 0.3) is 0 Å². The summed E-state index contributed by atoms with van der Waals surface area (Å²) in [7, 11) is -0.183. The fourth-order valence-electron chi connectivity index (χ4n) is 19.0. The van der Waals surface area contributed by atoms with Gasteiger partial charge in [0.1, 0.15) is 0 Å². The van der Waals surface area contributed by atoms with Crippen LogP contribution in [0.15, 0.2) is 352 Å². The summed E-state index contributed by atoms with van der Waals surface area (Å²) >= 11 is 0. The normalized spacial score (nSPS) is 12.2. The number of hydrogen-bond acceptors (Lipinski definition) is 0. The lowest BCUT2D eigenvalue weighted by atomic mass is 9.94. The van der Waals surface area contributed by atoms with Gasteiger partial charge < -0.3 is 18.3 Å². The molecule has 0 radical (unpaired) electrons. The zero-order valence-electron chi connectivity index (χ0n) is 61.5. The zero-order chi connectivity index (χ0) is 72.7. The number of aromatic nitrogens is 4. The lowest BCUT2D eigenvalue weighted by molar-refractivity contribution is 0.667. The Bertz CT molecular complexity index is 7300. The first kappa shape index (κ1) is 63.9. The molecule has 0 unspecified atom stereocenters. The Hall–Kier alpha value is -13.3. The second-order valence-corrected chi connectivity index (χ2v) is 31.7. The Morgan fingerprint density at radius 2 is 0.591 bits per heavy atom. The summed E-state index contributed by atoms with van der Waals surface area (Å²) in [4.78, 5) is 0. The van der Waals surface area contributed by atoms with Crippen LogP contribution in [-0.2, 0) is 6.42 Å². The highest BCUT2D eigenvalue weighted by atomic mass is 28.2. The SMILES string of the molecule is CCCCCCc1ccc(-n2c3ccccc3c3cc(-c4ccc5c(c4)c4ccccc4n5-c4cccc(-c5ccc6c7c(cccc57)-c5ccccc5-6)c4)ccc32)cc1.C[SiH2]c1ccc(-n2c3ccccc3c3cc(-c4ccc5c(c4)c4ccccc4n5-c4ccc5c6c(cccc46)-c4ccccc4-5)ccc32)cc1. The first-order valence-electron chi connectivity index (χ1n) is 39.2. The van der Waals surface area contributed by atoms with Crippen LogP contribution in [-0.4, -0.2) is 27.8 Å². The maximum atomic E-state index is 2.48. The fraction of sp³-hybridized carbons (Fsp3) is 0.0667. The molecule has 23 rings (SSSR count). The summed E-state index contributed by atoms with van der Waals surface area (Å²) in [6.45, 7) is 4.62. The third-order valence-corrected chi connectivity index (χ3v) is 25.5. The summed E-state index contributed by atoms with van der Waals surface area (Å²) in [6, 6.07) is 132. The molecule has 4 nitrogen and oxygen atoms in total. The molecule has 0 saturated heterocycles. The predicted molar refractivity (Wildman–Crippen MR) is 472 cm³/mol. The highest BCUT2D eigenvalue weighted by molar-refractivity contribution is 6.51. The molecule has 0 bridgehead atoms. The van der Waals surface area contributed by atoms with E-state index in [9.17, 15) is 0 Å². The first-order chi connectivity index (χ1) is 54.5. The van der Waals surface area contributed by atoms with Gasteiger partial charge in [0.05, 0.1) is 59.3 Å². The van der Waals surface area contributed by atoms with Gasteiger partial charge in [0.2, 0.25) is 0 Å². The van der Waals surface area contributed by atoms with Crippen molar-refractivity contribution in [2.75, 3.05) is 0 Å². The fourth-order valence-corrected chi connectivity index (χ4v) is 19.7. The van der Waals surface area contributed by atoms with Crippen molar-refractivity contribution in [3.05, 3.63) is 357 Å². The van der Waals surface area contributed by atoms with Gasteiger partial charge >= 0.3 is 0 Å². The maximum Gasteiger partial charge on any atom is 0.0541 e. The van der Waals surface area contributed by atoms with Crippen LogP contribution in [0.25, 0.3) is 209 Å². The Labute approximate surface area is 641 Å². The smallest absolute Gasteiger partial charge is 0.0541 e. The molecule has 17 aromatic carbocycles. The molecule has 2 aliphatic rings. The largest absolute Gasteiger partial charge is 0.309 e. The van der Waals surface area contributed by atoms with E-state index in [0.717, 1.165) is 12.1 Å². The van der Waals surface area contributed by atoms with Gasteiger partial charge in [-0.15, -0.1) is 0 Å². The van der Waals surface area contributed by atoms with Crippen molar-refractivity contribution < 1.29 is 0 Å². The van der Waals surface area contributed by atoms with Crippen molar-refractivity contribution in [3.8, 4) is 101 Å². The van der Waals surface area contributed by atoms with Crippen LogP contribution in [0.4, 0.5) is 0 Å². The van der Waals surface area contributed by atoms with Crippen molar-refractivity contribution in [1.82, 2.24) is 18.3 Å². The van der Waals surface area contributed by atoms with Crippen LogP contribution >= 0.6 is 0 Å². The van der Waals surface area contributed by atoms with Gasteiger partial charge in [0, 0.05) is 65.5 Å². The Morgan fingerprint density at radius 1 is 0.227 bits per heavy atom. The van der Waals surface area contributed by atoms with Crippen molar-refractivity contribution in [3.63, 3.8) is 0 Å². The maximum absolute atomic E-state index is 2.48. The van der Waals surface area contributed by atoms with E-state index in [-0.39, 0.29) is 9.52 Å². The number of hydrogen-bond donors (Lipinski definition) is 0. The summed E-state index contributed by atoms with van der Waals surface area (Å²) < 4.78 is 9.77. The predicted octanol–water partition coefficient (Wildman–Crippen LogP) is 27.3. The number of fused-ring (bicyclic) bond motifs is 18. The summed E-state index contributed by atoms with van der Waals surface area (Å²) in [5.74, 6) is 0. The lowest BCUT2D eigenvalue weighted by Gasteiger charge is -2.13. The van der Waals surface area contributed by atoms with Crippen LogP contribution in [0.2, 0.25) is 6.55 Å². The molecule has 4 aromatic heterocycles. The van der Waals surface area contributed by atoms with Crippen LogP contribution in [0.1, 0.15) is 38.2 Å². The molecule has 0 atom stereocenters. The first-order valence-corrected chi connectivity index (χ1v) is 41.4. The monoisotopic (exact) mass is 1420 g/mol. The average Bonchev–Trinajstić information content (AvgIpc) is 1.57. The van der Waals surface area contributed by atoms with Crippen molar-refractivity contribution in [1.29, 1.82) is 0 Å². The molecule has 0 saturated carbocycles. The second-order valence-electron chi connectivity index (χ2n) is 30.2. The molecule has 5 heteroatoms. The van der Waals surface area contributed by atoms with Gasteiger partial charge in [-0.05, 0) is 228 Å². The van der Waals surface area contributed by atoms with Crippen LogP contribution in [0, 0.1) is 0 Å². The van der Waals surface area contributed by atoms with Crippen molar-refractivity contribution in [2.24, 2.45) is 0 Å². The van der Waals surface area contributed by atoms with Crippen LogP contribution in [0.3, 0.4) is 0 Å². The number of rotatable bonds is 13. The third kappa shape index (κ3) is 9.97. The minimum Gasteiger partial charge on any atom is -0.309 e. The van der Waals surface area contributed by atoms with E-state index in [0.29, 0.717) is 0 Å². The van der Waals surface area contributed by atoms with Crippen LogP contribution < -0.4 is 5.19 Å². The summed E-state index contributed by atoms with van der Waals surface area (Å²) in [5, 5.41) is 17.0. The highest BCUT2D eigenvalue weighted by Gasteiger charge is 2.27. The second kappa shape index (κ2) is 25.7. The highest BCUT2D eigenvalue weighted by Crippen LogP contribution is 2.52. The third-order valence-electron chi connectivity index (χ3n) is 24.2. The van der Waals surface area contributed by atoms with E-state index in [1.165, 1.54) is 240 Å².